The maximum atomic E-state index is 13.0. The molecule has 3 rings (SSSR count). The van der Waals surface area contributed by atoms with Crippen LogP contribution in [0.2, 0.25) is 0 Å². The highest BCUT2D eigenvalue weighted by Crippen LogP contribution is 2.19. The molecule has 1 amide bonds. The average molecular weight is 392 g/mol. The minimum absolute atomic E-state index is 0.174. The summed E-state index contributed by atoms with van der Waals surface area (Å²) in [7, 11) is -2.11. The van der Waals surface area contributed by atoms with Crippen LogP contribution in [0.15, 0.2) is 53.4 Å². The van der Waals surface area contributed by atoms with Crippen LogP contribution >= 0.6 is 0 Å². The Bertz CT molecular complexity index is 890. The van der Waals surface area contributed by atoms with Gasteiger partial charge in [-0.05, 0) is 61.4 Å². The van der Waals surface area contributed by atoms with Crippen molar-refractivity contribution in [2.24, 2.45) is 0 Å². The van der Waals surface area contributed by atoms with Crippen LogP contribution in [0.4, 0.5) is 4.39 Å². The molecular weight excluding hydrogens is 371 g/mol. The molecule has 27 heavy (non-hydrogen) atoms. The molecule has 0 atom stereocenters. The zero-order chi connectivity index (χ0) is 19.4. The molecule has 1 saturated heterocycles. The fourth-order valence-electron chi connectivity index (χ4n) is 3.02. The van der Waals surface area contributed by atoms with Crippen LogP contribution < -0.4 is 9.46 Å². The Morgan fingerprint density at radius 1 is 1.07 bits per heavy atom. The zero-order valence-corrected chi connectivity index (χ0v) is 15.7. The number of rotatable bonds is 5. The van der Waals surface area contributed by atoms with Crippen molar-refractivity contribution in [1.82, 2.24) is 9.62 Å². The molecule has 1 N–H and O–H groups in total. The molecule has 0 saturated carbocycles. The number of amides is 1. The van der Waals surface area contributed by atoms with E-state index in [1.807, 2.05) is 0 Å². The number of benzene rings is 2. The molecule has 2 aromatic carbocycles. The van der Waals surface area contributed by atoms with Gasteiger partial charge in [-0.3, -0.25) is 4.79 Å². The van der Waals surface area contributed by atoms with Gasteiger partial charge < -0.3 is 9.64 Å². The molecule has 0 aromatic heterocycles. The van der Waals surface area contributed by atoms with Crippen molar-refractivity contribution in [2.75, 3.05) is 20.2 Å². The van der Waals surface area contributed by atoms with Crippen LogP contribution in [0.25, 0.3) is 0 Å². The van der Waals surface area contributed by atoms with E-state index in [4.69, 9.17) is 4.74 Å². The number of ether oxygens (including phenoxy) is 1. The number of nitrogens with zero attached hydrogens (tertiary/aromatic N) is 1. The summed E-state index contributed by atoms with van der Waals surface area (Å²) in [5.74, 6) is 0.0197. The van der Waals surface area contributed by atoms with Gasteiger partial charge in [0.25, 0.3) is 5.91 Å². The minimum atomic E-state index is -3.63. The number of nitrogens with one attached hydrogen (secondary N) is 1. The standard InChI is InChI=1S/C19H21FN2O4S/c1-26-17-6-8-18(9-7-17)27(24,25)21-16-10-12-22(13-11-16)19(23)14-2-4-15(20)5-3-14/h2-9,16,21H,10-13H2,1H3. The van der Waals surface area contributed by atoms with Crippen molar-refractivity contribution in [3.63, 3.8) is 0 Å². The van der Waals surface area contributed by atoms with Crippen molar-refractivity contribution >= 4 is 15.9 Å². The third-order valence-corrected chi connectivity index (χ3v) is 6.10. The van der Waals surface area contributed by atoms with Gasteiger partial charge in [0.05, 0.1) is 12.0 Å². The van der Waals surface area contributed by atoms with E-state index >= 15 is 0 Å². The summed E-state index contributed by atoms with van der Waals surface area (Å²) < 4.78 is 45.7. The first kappa shape index (κ1) is 19.3. The molecule has 144 valence electrons. The maximum Gasteiger partial charge on any atom is 0.253 e. The first-order valence-corrected chi connectivity index (χ1v) is 10.1. The minimum Gasteiger partial charge on any atom is -0.497 e. The van der Waals surface area contributed by atoms with Crippen LogP contribution in [0.5, 0.6) is 5.75 Å². The topological polar surface area (TPSA) is 75.7 Å². The van der Waals surface area contributed by atoms with E-state index in [2.05, 4.69) is 4.72 Å². The third kappa shape index (κ3) is 4.64. The van der Waals surface area contributed by atoms with E-state index in [1.165, 1.54) is 43.5 Å². The molecule has 0 bridgehead atoms. The fraction of sp³-hybridized carbons (Fsp3) is 0.316. The lowest BCUT2D eigenvalue weighted by atomic mass is 10.0. The Labute approximate surface area is 158 Å². The molecular formula is C19H21FN2O4S. The second-order valence-electron chi connectivity index (χ2n) is 6.37. The second-order valence-corrected chi connectivity index (χ2v) is 8.08. The fourth-order valence-corrected chi connectivity index (χ4v) is 4.32. The van der Waals surface area contributed by atoms with Gasteiger partial charge in [0.2, 0.25) is 10.0 Å². The molecule has 0 aliphatic carbocycles. The zero-order valence-electron chi connectivity index (χ0n) is 14.9. The summed E-state index contributed by atoms with van der Waals surface area (Å²) in [6.45, 7) is 0.873. The maximum absolute atomic E-state index is 13.0. The first-order chi connectivity index (χ1) is 12.9. The van der Waals surface area contributed by atoms with Gasteiger partial charge in [0.1, 0.15) is 11.6 Å². The van der Waals surface area contributed by atoms with Gasteiger partial charge in [-0.1, -0.05) is 0 Å². The van der Waals surface area contributed by atoms with Gasteiger partial charge in [-0.15, -0.1) is 0 Å². The van der Waals surface area contributed by atoms with Gasteiger partial charge in [0.15, 0.2) is 0 Å². The molecule has 1 aliphatic heterocycles. The number of piperidine rings is 1. The van der Waals surface area contributed by atoms with Crippen LogP contribution in [0, 0.1) is 5.82 Å². The van der Waals surface area contributed by atoms with E-state index < -0.39 is 15.8 Å². The quantitative estimate of drug-likeness (QED) is 0.848. The lowest BCUT2D eigenvalue weighted by molar-refractivity contribution is 0.0711. The molecule has 1 aliphatic rings. The van der Waals surface area contributed by atoms with Crippen molar-refractivity contribution in [3.8, 4) is 5.75 Å². The summed E-state index contributed by atoms with van der Waals surface area (Å²) in [5.41, 5.74) is 0.425. The molecule has 0 spiro atoms. The highest BCUT2D eigenvalue weighted by Gasteiger charge is 2.27. The van der Waals surface area contributed by atoms with Gasteiger partial charge >= 0.3 is 0 Å². The van der Waals surface area contributed by atoms with E-state index in [0.717, 1.165) is 0 Å². The number of hydrogen-bond donors (Lipinski definition) is 1. The number of carbonyl (C=O) groups is 1. The Morgan fingerprint density at radius 3 is 2.22 bits per heavy atom. The van der Waals surface area contributed by atoms with Crippen LogP contribution in [0.1, 0.15) is 23.2 Å². The van der Waals surface area contributed by atoms with Crippen LogP contribution in [-0.2, 0) is 10.0 Å². The smallest absolute Gasteiger partial charge is 0.253 e. The number of methoxy groups -OCH3 is 1. The van der Waals surface area contributed by atoms with Crippen molar-refractivity contribution in [3.05, 3.63) is 59.9 Å². The van der Waals surface area contributed by atoms with Crippen molar-refractivity contribution in [1.29, 1.82) is 0 Å². The summed E-state index contributed by atoms with van der Waals surface area (Å²) >= 11 is 0. The van der Waals surface area contributed by atoms with E-state index in [-0.39, 0.29) is 16.8 Å². The predicted molar refractivity (Wildman–Crippen MR) is 98.6 cm³/mol. The van der Waals surface area contributed by atoms with E-state index in [9.17, 15) is 17.6 Å². The third-order valence-electron chi connectivity index (χ3n) is 4.56. The number of sulfonamides is 1. The highest BCUT2D eigenvalue weighted by atomic mass is 32.2. The molecule has 6 nitrogen and oxygen atoms in total. The first-order valence-electron chi connectivity index (χ1n) is 8.60. The largest absolute Gasteiger partial charge is 0.497 e. The number of hydrogen-bond acceptors (Lipinski definition) is 4. The van der Waals surface area contributed by atoms with E-state index in [0.29, 0.717) is 37.2 Å². The predicted octanol–water partition coefficient (Wildman–Crippen LogP) is 2.42. The van der Waals surface area contributed by atoms with Crippen molar-refractivity contribution < 1.29 is 22.3 Å². The van der Waals surface area contributed by atoms with Crippen LogP contribution in [0.3, 0.4) is 0 Å². The Hall–Kier alpha value is -2.45. The number of carbonyl (C=O) groups excluding carboxylic acids is 1. The van der Waals surface area contributed by atoms with Gasteiger partial charge in [-0.2, -0.15) is 0 Å². The summed E-state index contributed by atoms with van der Waals surface area (Å²) in [6.07, 6.45) is 1.03. The van der Waals surface area contributed by atoms with Crippen molar-refractivity contribution in [2.45, 2.75) is 23.8 Å². The molecule has 0 radical (unpaired) electrons. The lowest BCUT2D eigenvalue weighted by Gasteiger charge is -2.32. The monoisotopic (exact) mass is 392 g/mol. The average Bonchev–Trinajstić information content (AvgIpc) is 2.68. The van der Waals surface area contributed by atoms with Gasteiger partial charge in [0, 0.05) is 24.7 Å². The Balaban J connectivity index is 1.58. The Morgan fingerprint density at radius 2 is 1.67 bits per heavy atom. The van der Waals surface area contributed by atoms with E-state index in [1.54, 1.807) is 17.0 Å². The molecule has 2 aromatic rings. The normalized spacial score (nSPS) is 15.6. The summed E-state index contributed by atoms with van der Waals surface area (Å²) in [6, 6.07) is 11.4. The second kappa shape index (κ2) is 8.06. The molecule has 1 fully saturated rings. The molecule has 1 heterocycles. The highest BCUT2D eigenvalue weighted by molar-refractivity contribution is 7.89. The number of halogens is 1. The van der Waals surface area contributed by atoms with Crippen LogP contribution in [-0.4, -0.2) is 45.5 Å². The summed E-state index contributed by atoms with van der Waals surface area (Å²) in [5, 5.41) is 0. The SMILES string of the molecule is COc1ccc(S(=O)(=O)NC2CCN(C(=O)c3ccc(F)cc3)CC2)cc1. The molecule has 0 unspecified atom stereocenters. The number of likely N-dealkylation sites (tertiary alicyclic amines) is 1. The Kier molecular flexibility index (Phi) is 5.76. The van der Waals surface area contributed by atoms with Gasteiger partial charge in [-0.25, -0.2) is 17.5 Å². The summed E-state index contributed by atoms with van der Waals surface area (Å²) in [4.78, 5) is 14.3. The molecule has 8 heteroatoms. The lowest BCUT2D eigenvalue weighted by Crippen LogP contribution is -2.46.